The third-order valence-corrected chi connectivity index (χ3v) is 2.33. The predicted octanol–water partition coefficient (Wildman–Crippen LogP) is 4.03. The predicted molar refractivity (Wildman–Crippen MR) is 80.1 cm³/mol. The van der Waals surface area contributed by atoms with E-state index in [1.54, 1.807) is 0 Å². The van der Waals surface area contributed by atoms with Crippen molar-refractivity contribution < 1.29 is 4.79 Å². The van der Waals surface area contributed by atoms with Gasteiger partial charge in [0.15, 0.2) is 0 Å². The van der Waals surface area contributed by atoms with E-state index >= 15 is 0 Å². The molecule has 2 aromatic rings. The summed E-state index contributed by atoms with van der Waals surface area (Å²) in [7, 11) is 0. The Labute approximate surface area is 114 Å². The lowest BCUT2D eigenvalue weighted by Crippen LogP contribution is -2.28. The Morgan fingerprint density at radius 2 is 1.42 bits per heavy atom. The van der Waals surface area contributed by atoms with Gasteiger partial charge >= 0.3 is 6.03 Å². The summed E-state index contributed by atoms with van der Waals surface area (Å²) in [5.74, 6) is 0. The Bertz CT molecular complexity index is 469. The molecule has 2 N–H and O–H groups in total. The molecule has 0 saturated carbocycles. The Kier molecular flexibility index (Phi) is 6.80. The highest BCUT2D eigenvalue weighted by Gasteiger charge is 2.00. The molecule has 3 heteroatoms. The van der Waals surface area contributed by atoms with Crippen molar-refractivity contribution in [3.63, 3.8) is 0 Å². The van der Waals surface area contributed by atoms with Gasteiger partial charge in [-0.15, -0.1) is 0 Å². The van der Waals surface area contributed by atoms with Gasteiger partial charge in [0, 0.05) is 12.2 Å². The molecule has 0 unspecified atom stereocenters. The maximum absolute atomic E-state index is 11.6. The molecule has 0 spiro atoms. The molecular weight excluding hydrogens is 236 g/mol. The second kappa shape index (κ2) is 8.75. The monoisotopic (exact) mass is 256 g/mol. The van der Waals surface area contributed by atoms with Gasteiger partial charge in [0.2, 0.25) is 0 Å². The molecule has 0 heterocycles. The number of benzene rings is 2. The summed E-state index contributed by atoms with van der Waals surface area (Å²) in [5.41, 5.74) is 1.87. The quantitative estimate of drug-likeness (QED) is 0.855. The fourth-order valence-electron chi connectivity index (χ4n) is 1.47. The molecule has 3 nitrogen and oxygen atoms in total. The van der Waals surface area contributed by atoms with Gasteiger partial charge < -0.3 is 10.6 Å². The number of hydrogen-bond donors (Lipinski definition) is 2. The number of amides is 2. The van der Waals surface area contributed by atoms with Crippen LogP contribution in [0.1, 0.15) is 19.4 Å². The van der Waals surface area contributed by atoms with Gasteiger partial charge in [-0.05, 0) is 17.7 Å². The summed E-state index contributed by atoms with van der Waals surface area (Å²) in [4.78, 5) is 11.6. The first kappa shape index (κ1) is 14.8. The largest absolute Gasteiger partial charge is 0.334 e. The lowest BCUT2D eigenvalue weighted by molar-refractivity contribution is 0.251. The van der Waals surface area contributed by atoms with Crippen LogP contribution in [0.25, 0.3) is 0 Å². The van der Waals surface area contributed by atoms with Gasteiger partial charge in [-0.25, -0.2) is 4.79 Å². The Balaban J connectivity index is 0.000000861. The Morgan fingerprint density at radius 3 is 2.00 bits per heavy atom. The highest BCUT2D eigenvalue weighted by Crippen LogP contribution is 2.04. The summed E-state index contributed by atoms with van der Waals surface area (Å²) >= 11 is 0. The summed E-state index contributed by atoms with van der Waals surface area (Å²) in [5, 5.41) is 5.56. The number of carbonyl (C=O) groups is 1. The summed E-state index contributed by atoms with van der Waals surface area (Å²) in [6.07, 6.45) is 0. The van der Waals surface area contributed by atoms with E-state index < -0.39 is 0 Å². The van der Waals surface area contributed by atoms with Crippen molar-refractivity contribution in [1.82, 2.24) is 5.32 Å². The van der Waals surface area contributed by atoms with E-state index in [1.807, 2.05) is 74.5 Å². The average Bonchev–Trinajstić information content (AvgIpc) is 2.49. The van der Waals surface area contributed by atoms with Crippen LogP contribution >= 0.6 is 0 Å². The maximum Gasteiger partial charge on any atom is 0.319 e. The van der Waals surface area contributed by atoms with Crippen molar-refractivity contribution in [2.75, 3.05) is 5.32 Å². The van der Waals surface area contributed by atoms with Gasteiger partial charge in [0.25, 0.3) is 0 Å². The van der Waals surface area contributed by atoms with Crippen LogP contribution in [0, 0.1) is 0 Å². The minimum atomic E-state index is -0.194. The number of rotatable bonds is 3. The Morgan fingerprint density at radius 1 is 0.895 bits per heavy atom. The first-order chi connectivity index (χ1) is 9.34. The minimum Gasteiger partial charge on any atom is -0.334 e. The molecule has 100 valence electrons. The lowest BCUT2D eigenvalue weighted by Gasteiger charge is -2.07. The average molecular weight is 256 g/mol. The van der Waals surface area contributed by atoms with Crippen molar-refractivity contribution in [2.45, 2.75) is 20.4 Å². The zero-order valence-corrected chi connectivity index (χ0v) is 11.4. The highest BCUT2D eigenvalue weighted by atomic mass is 16.2. The van der Waals surface area contributed by atoms with E-state index in [4.69, 9.17) is 0 Å². The van der Waals surface area contributed by atoms with E-state index in [-0.39, 0.29) is 6.03 Å². The molecule has 19 heavy (non-hydrogen) atoms. The zero-order valence-electron chi connectivity index (χ0n) is 11.4. The van der Waals surface area contributed by atoms with Gasteiger partial charge in [0.05, 0.1) is 0 Å². The van der Waals surface area contributed by atoms with Crippen molar-refractivity contribution in [3.8, 4) is 0 Å². The van der Waals surface area contributed by atoms with E-state index in [9.17, 15) is 4.79 Å². The number of para-hydroxylation sites is 1. The maximum atomic E-state index is 11.6. The SMILES string of the molecule is CC.O=C(NCc1ccccc1)Nc1ccccc1. The molecule has 2 amide bonds. The Hall–Kier alpha value is -2.29. The van der Waals surface area contributed by atoms with Gasteiger partial charge in [-0.1, -0.05) is 62.4 Å². The second-order valence-corrected chi connectivity index (χ2v) is 3.66. The van der Waals surface area contributed by atoms with Crippen LogP contribution in [0.2, 0.25) is 0 Å². The van der Waals surface area contributed by atoms with Crippen molar-refractivity contribution in [3.05, 3.63) is 66.2 Å². The van der Waals surface area contributed by atoms with Crippen LogP contribution in [-0.4, -0.2) is 6.03 Å². The fraction of sp³-hybridized carbons (Fsp3) is 0.188. The first-order valence-electron chi connectivity index (χ1n) is 6.48. The molecule has 2 aromatic carbocycles. The summed E-state index contributed by atoms with van der Waals surface area (Å²) < 4.78 is 0. The topological polar surface area (TPSA) is 41.1 Å². The molecule has 0 bridgehead atoms. The van der Waals surface area contributed by atoms with Crippen LogP contribution in [0.5, 0.6) is 0 Å². The van der Waals surface area contributed by atoms with Gasteiger partial charge in [0.1, 0.15) is 0 Å². The van der Waals surface area contributed by atoms with E-state index in [2.05, 4.69) is 10.6 Å². The van der Waals surface area contributed by atoms with Crippen LogP contribution in [0.15, 0.2) is 60.7 Å². The molecule has 0 fully saturated rings. The van der Waals surface area contributed by atoms with Gasteiger partial charge in [-0.2, -0.15) is 0 Å². The normalized spacial score (nSPS) is 8.95. The van der Waals surface area contributed by atoms with Crippen LogP contribution in [-0.2, 0) is 6.54 Å². The lowest BCUT2D eigenvalue weighted by atomic mass is 10.2. The highest BCUT2D eigenvalue weighted by molar-refractivity contribution is 5.89. The molecule has 0 aliphatic heterocycles. The number of urea groups is 1. The number of carbonyl (C=O) groups excluding carboxylic acids is 1. The molecular formula is C16H20N2O. The van der Waals surface area contributed by atoms with Crippen LogP contribution in [0.3, 0.4) is 0 Å². The number of hydrogen-bond acceptors (Lipinski definition) is 1. The van der Waals surface area contributed by atoms with Crippen molar-refractivity contribution >= 4 is 11.7 Å². The summed E-state index contributed by atoms with van der Waals surface area (Å²) in [6, 6.07) is 19.0. The van der Waals surface area contributed by atoms with Gasteiger partial charge in [-0.3, -0.25) is 0 Å². The van der Waals surface area contributed by atoms with Crippen molar-refractivity contribution in [1.29, 1.82) is 0 Å². The molecule has 0 atom stereocenters. The summed E-state index contributed by atoms with van der Waals surface area (Å²) in [6.45, 7) is 4.53. The standard InChI is InChI=1S/C14H14N2O.C2H6/c17-14(16-13-9-5-2-6-10-13)15-11-12-7-3-1-4-8-12;1-2/h1-10H,11H2,(H2,15,16,17);1-2H3. The van der Waals surface area contributed by atoms with Crippen LogP contribution < -0.4 is 10.6 Å². The third kappa shape index (κ3) is 5.73. The molecule has 0 aliphatic rings. The number of anilines is 1. The smallest absolute Gasteiger partial charge is 0.319 e. The zero-order chi connectivity index (χ0) is 13.9. The molecule has 2 rings (SSSR count). The minimum absolute atomic E-state index is 0.194. The third-order valence-electron chi connectivity index (χ3n) is 2.33. The van der Waals surface area contributed by atoms with E-state index in [0.29, 0.717) is 6.54 Å². The van der Waals surface area contributed by atoms with E-state index in [0.717, 1.165) is 11.3 Å². The molecule has 0 aliphatic carbocycles. The van der Waals surface area contributed by atoms with Crippen LogP contribution in [0.4, 0.5) is 10.5 Å². The number of nitrogens with one attached hydrogen (secondary N) is 2. The molecule has 0 radical (unpaired) electrons. The molecule has 0 saturated heterocycles. The fourth-order valence-corrected chi connectivity index (χ4v) is 1.47. The van der Waals surface area contributed by atoms with Crippen molar-refractivity contribution in [2.24, 2.45) is 0 Å². The van der Waals surface area contributed by atoms with E-state index in [1.165, 1.54) is 0 Å². The molecule has 0 aromatic heterocycles. The second-order valence-electron chi connectivity index (χ2n) is 3.66. The first-order valence-corrected chi connectivity index (χ1v) is 6.48.